The molecule has 2 rings (SSSR count). The van der Waals surface area contributed by atoms with Crippen molar-refractivity contribution in [3.63, 3.8) is 0 Å². The highest BCUT2D eigenvalue weighted by molar-refractivity contribution is 5.95. The molecule has 1 aromatic carbocycles. The summed E-state index contributed by atoms with van der Waals surface area (Å²) in [5, 5.41) is 3.31. The number of hydrogen-bond acceptors (Lipinski definition) is 4. The number of carbonyl (C=O) groups is 2. The minimum atomic E-state index is -0.316. The Morgan fingerprint density at radius 3 is 2.62 bits per heavy atom. The van der Waals surface area contributed by atoms with E-state index in [1.54, 1.807) is 24.3 Å². The third kappa shape index (κ3) is 4.27. The maximum absolute atomic E-state index is 11.9. The Balaban J connectivity index is 1.81. The Bertz CT molecular complexity index is 502. The Hall–Kier alpha value is -1.92. The van der Waals surface area contributed by atoms with Crippen molar-refractivity contribution in [3.05, 3.63) is 35.9 Å². The maximum Gasteiger partial charge on any atom is 0.269 e. The fraction of sp³-hybridized carbons (Fsp3) is 0.467. The first-order valence-electron chi connectivity index (χ1n) is 7.09. The van der Waals surface area contributed by atoms with Crippen molar-refractivity contribution in [1.29, 1.82) is 0 Å². The van der Waals surface area contributed by atoms with Crippen LogP contribution in [0, 0.1) is 0 Å². The van der Waals surface area contributed by atoms with Gasteiger partial charge in [-0.15, -0.1) is 0 Å². The molecule has 1 heterocycles. The summed E-state index contributed by atoms with van der Waals surface area (Å²) in [7, 11) is 0. The van der Waals surface area contributed by atoms with Crippen molar-refractivity contribution in [2.75, 3.05) is 26.2 Å². The summed E-state index contributed by atoms with van der Waals surface area (Å²) in [6, 6.07) is 8.78. The molecule has 0 saturated carbocycles. The molecule has 0 bridgehead atoms. The zero-order valence-corrected chi connectivity index (χ0v) is 12.5. The Morgan fingerprint density at radius 1 is 1.24 bits per heavy atom. The molecule has 1 aliphatic rings. The SMILES string of the molecule is CC1(C)CNCCN1CC(=O)NNC(=O)c1ccccc1. The number of rotatable bonds is 3. The van der Waals surface area contributed by atoms with Crippen LogP contribution in [0.5, 0.6) is 0 Å². The minimum absolute atomic E-state index is 0.0704. The highest BCUT2D eigenvalue weighted by Gasteiger charge is 2.30. The number of carbonyl (C=O) groups excluding carboxylic acids is 2. The topological polar surface area (TPSA) is 73.5 Å². The molecule has 0 aromatic heterocycles. The normalized spacial score (nSPS) is 18.0. The van der Waals surface area contributed by atoms with Crippen molar-refractivity contribution >= 4 is 11.8 Å². The lowest BCUT2D eigenvalue weighted by atomic mass is 10.0. The standard InChI is InChI=1S/C15H22N4O2/c1-15(2)11-16-8-9-19(15)10-13(20)17-18-14(21)12-6-4-3-5-7-12/h3-7,16H,8-11H2,1-2H3,(H,17,20)(H,18,21). The van der Waals surface area contributed by atoms with E-state index in [0.29, 0.717) is 5.56 Å². The molecule has 21 heavy (non-hydrogen) atoms. The molecule has 0 spiro atoms. The van der Waals surface area contributed by atoms with Gasteiger partial charge in [0.05, 0.1) is 6.54 Å². The monoisotopic (exact) mass is 290 g/mol. The van der Waals surface area contributed by atoms with Gasteiger partial charge >= 0.3 is 0 Å². The molecule has 1 aromatic rings. The van der Waals surface area contributed by atoms with Gasteiger partial charge in [0.1, 0.15) is 0 Å². The largest absolute Gasteiger partial charge is 0.314 e. The highest BCUT2D eigenvalue weighted by Crippen LogP contribution is 2.15. The van der Waals surface area contributed by atoms with Crippen molar-refractivity contribution in [1.82, 2.24) is 21.1 Å². The Kier molecular flexibility index (Phi) is 4.93. The quantitative estimate of drug-likeness (QED) is 0.692. The van der Waals surface area contributed by atoms with Crippen LogP contribution in [0.2, 0.25) is 0 Å². The third-order valence-electron chi connectivity index (χ3n) is 3.66. The molecule has 3 N–H and O–H groups in total. The van der Waals surface area contributed by atoms with E-state index in [1.165, 1.54) is 0 Å². The smallest absolute Gasteiger partial charge is 0.269 e. The van der Waals surface area contributed by atoms with Gasteiger partial charge in [0.15, 0.2) is 0 Å². The molecule has 0 aliphatic carbocycles. The van der Waals surface area contributed by atoms with E-state index >= 15 is 0 Å². The summed E-state index contributed by atoms with van der Waals surface area (Å²) in [6.07, 6.45) is 0. The lowest BCUT2D eigenvalue weighted by Crippen LogP contribution is -2.60. The first-order chi connectivity index (χ1) is 9.99. The van der Waals surface area contributed by atoms with Crippen molar-refractivity contribution in [2.24, 2.45) is 0 Å². The third-order valence-corrected chi connectivity index (χ3v) is 3.66. The van der Waals surface area contributed by atoms with Gasteiger partial charge in [-0.05, 0) is 26.0 Å². The fourth-order valence-electron chi connectivity index (χ4n) is 2.32. The molecule has 6 nitrogen and oxygen atoms in total. The molecular weight excluding hydrogens is 268 g/mol. The summed E-state index contributed by atoms with van der Waals surface area (Å²) >= 11 is 0. The zero-order chi connectivity index (χ0) is 15.3. The van der Waals surface area contributed by atoms with Gasteiger partial charge in [0.25, 0.3) is 11.8 Å². The van der Waals surface area contributed by atoms with Crippen LogP contribution in [0.15, 0.2) is 30.3 Å². The second-order valence-electron chi connectivity index (χ2n) is 5.78. The zero-order valence-electron chi connectivity index (χ0n) is 12.5. The molecule has 0 unspecified atom stereocenters. The minimum Gasteiger partial charge on any atom is -0.314 e. The second kappa shape index (κ2) is 6.69. The summed E-state index contributed by atoms with van der Waals surface area (Å²) in [4.78, 5) is 25.9. The van der Waals surface area contributed by atoms with Crippen LogP contribution in [0.25, 0.3) is 0 Å². The molecular formula is C15H22N4O2. The van der Waals surface area contributed by atoms with E-state index in [0.717, 1.165) is 19.6 Å². The molecule has 1 saturated heterocycles. The van der Waals surface area contributed by atoms with Gasteiger partial charge in [-0.1, -0.05) is 18.2 Å². The molecule has 0 atom stereocenters. The molecule has 1 fully saturated rings. The average Bonchev–Trinajstić information content (AvgIpc) is 2.48. The van der Waals surface area contributed by atoms with Crippen LogP contribution < -0.4 is 16.2 Å². The number of amides is 2. The van der Waals surface area contributed by atoms with Gasteiger partial charge < -0.3 is 5.32 Å². The Morgan fingerprint density at radius 2 is 1.95 bits per heavy atom. The van der Waals surface area contributed by atoms with Gasteiger partial charge in [-0.3, -0.25) is 25.3 Å². The van der Waals surface area contributed by atoms with E-state index < -0.39 is 0 Å². The fourth-order valence-corrected chi connectivity index (χ4v) is 2.32. The number of benzene rings is 1. The number of hydrazine groups is 1. The summed E-state index contributed by atoms with van der Waals surface area (Å²) in [6.45, 7) is 6.98. The molecule has 2 amide bonds. The maximum atomic E-state index is 11.9. The number of nitrogens with zero attached hydrogens (tertiary/aromatic N) is 1. The predicted molar refractivity (Wildman–Crippen MR) is 80.6 cm³/mol. The molecule has 1 aliphatic heterocycles. The van der Waals surface area contributed by atoms with Crippen LogP contribution in [0.1, 0.15) is 24.2 Å². The lowest BCUT2D eigenvalue weighted by Gasteiger charge is -2.42. The van der Waals surface area contributed by atoms with E-state index in [2.05, 4.69) is 34.9 Å². The van der Waals surface area contributed by atoms with Crippen LogP contribution in [0.4, 0.5) is 0 Å². The predicted octanol–water partition coefficient (Wildman–Crippen LogP) is 0.131. The van der Waals surface area contributed by atoms with Gasteiger partial charge in [0.2, 0.25) is 0 Å². The second-order valence-corrected chi connectivity index (χ2v) is 5.78. The van der Waals surface area contributed by atoms with E-state index in [9.17, 15) is 9.59 Å². The van der Waals surface area contributed by atoms with E-state index in [1.807, 2.05) is 6.07 Å². The highest BCUT2D eigenvalue weighted by atomic mass is 16.2. The molecule has 6 heteroatoms. The van der Waals surface area contributed by atoms with Crippen molar-refractivity contribution in [3.8, 4) is 0 Å². The first-order valence-corrected chi connectivity index (χ1v) is 7.09. The van der Waals surface area contributed by atoms with Crippen LogP contribution >= 0.6 is 0 Å². The van der Waals surface area contributed by atoms with Crippen LogP contribution in [-0.2, 0) is 4.79 Å². The van der Waals surface area contributed by atoms with Crippen molar-refractivity contribution in [2.45, 2.75) is 19.4 Å². The van der Waals surface area contributed by atoms with Gasteiger partial charge in [0, 0.05) is 30.7 Å². The van der Waals surface area contributed by atoms with Crippen molar-refractivity contribution < 1.29 is 9.59 Å². The van der Waals surface area contributed by atoms with E-state index in [4.69, 9.17) is 0 Å². The Labute approximate surface area is 124 Å². The summed E-state index contributed by atoms with van der Waals surface area (Å²) in [5.74, 6) is -0.530. The summed E-state index contributed by atoms with van der Waals surface area (Å²) in [5.41, 5.74) is 5.34. The molecule has 114 valence electrons. The number of nitrogens with one attached hydrogen (secondary N) is 3. The first kappa shape index (κ1) is 15.5. The molecule has 0 radical (unpaired) electrons. The van der Waals surface area contributed by atoms with E-state index in [-0.39, 0.29) is 23.9 Å². The van der Waals surface area contributed by atoms with Crippen LogP contribution in [-0.4, -0.2) is 48.4 Å². The van der Waals surface area contributed by atoms with Gasteiger partial charge in [-0.25, -0.2) is 0 Å². The van der Waals surface area contributed by atoms with Gasteiger partial charge in [-0.2, -0.15) is 0 Å². The number of hydrogen-bond donors (Lipinski definition) is 3. The lowest BCUT2D eigenvalue weighted by molar-refractivity contribution is -0.124. The average molecular weight is 290 g/mol. The summed E-state index contributed by atoms with van der Waals surface area (Å²) < 4.78 is 0. The van der Waals surface area contributed by atoms with Crippen LogP contribution in [0.3, 0.4) is 0 Å². The number of piperazine rings is 1.